The Labute approximate surface area is 140 Å². The number of sulfone groups is 1. The van der Waals surface area contributed by atoms with Gasteiger partial charge in [-0.3, -0.25) is 4.79 Å². The van der Waals surface area contributed by atoms with Crippen molar-refractivity contribution >= 4 is 15.7 Å². The van der Waals surface area contributed by atoms with E-state index in [0.717, 1.165) is 6.42 Å². The molecule has 1 aromatic heterocycles. The molecule has 1 N–H and O–H groups in total. The highest BCUT2D eigenvalue weighted by atomic mass is 32.2. The van der Waals surface area contributed by atoms with E-state index in [2.05, 4.69) is 5.32 Å². The third kappa shape index (κ3) is 3.85. The molecule has 1 aromatic carbocycles. The van der Waals surface area contributed by atoms with E-state index in [1.165, 1.54) is 24.5 Å². The summed E-state index contributed by atoms with van der Waals surface area (Å²) in [7, 11) is -3.53. The van der Waals surface area contributed by atoms with Crippen LogP contribution in [0, 0.1) is 5.92 Å². The van der Waals surface area contributed by atoms with E-state index < -0.39 is 15.7 Å². The van der Waals surface area contributed by atoms with Crippen LogP contribution >= 0.6 is 0 Å². The van der Waals surface area contributed by atoms with Crippen molar-refractivity contribution in [1.82, 2.24) is 5.32 Å². The Hall–Kier alpha value is -2.12. The van der Waals surface area contributed by atoms with E-state index in [-0.39, 0.29) is 16.4 Å². The maximum atomic E-state index is 12.5. The van der Waals surface area contributed by atoms with Crippen LogP contribution in [0.1, 0.15) is 22.5 Å². The number of hydrogen-bond donors (Lipinski definition) is 1. The Bertz CT molecular complexity index is 791. The standard InChI is InChI=1S/C17H19NO5S/c19-17(18-10-13-6-8-22-11-13)16-14(7-9-23-16)12-24(20,21)15-4-2-1-3-5-15/h1-5,7,9,13H,6,8,10-12H2,(H,18,19)/t13-/m1/s1. The van der Waals surface area contributed by atoms with Gasteiger partial charge in [-0.05, 0) is 24.6 Å². The second-order valence-corrected chi connectivity index (χ2v) is 7.78. The van der Waals surface area contributed by atoms with E-state index >= 15 is 0 Å². The molecule has 6 nitrogen and oxygen atoms in total. The SMILES string of the molecule is O=C(NC[C@H]1CCOC1)c1occc1CS(=O)(=O)c1ccccc1. The lowest BCUT2D eigenvalue weighted by atomic mass is 10.1. The first kappa shape index (κ1) is 16.7. The van der Waals surface area contributed by atoms with Crippen molar-refractivity contribution in [2.24, 2.45) is 5.92 Å². The van der Waals surface area contributed by atoms with Crippen molar-refractivity contribution in [3.8, 4) is 0 Å². The molecule has 7 heteroatoms. The lowest BCUT2D eigenvalue weighted by Gasteiger charge is -2.09. The largest absolute Gasteiger partial charge is 0.459 e. The van der Waals surface area contributed by atoms with Crippen LogP contribution < -0.4 is 5.32 Å². The van der Waals surface area contributed by atoms with E-state index in [0.29, 0.717) is 31.2 Å². The minimum absolute atomic E-state index is 0.0495. The predicted octanol–water partition coefficient (Wildman–Crippen LogP) is 2.02. The summed E-state index contributed by atoms with van der Waals surface area (Å²) in [6.07, 6.45) is 2.25. The average molecular weight is 349 g/mol. The number of benzene rings is 1. The number of amides is 1. The first-order valence-corrected chi connectivity index (χ1v) is 9.41. The molecule has 1 amide bonds. The minimum atomic E-state index is -3.53. The van der Waals surface area contributed by atoms with Crippen LogP contribution in [0.2, 0.25) is 0 Å². The zero-order valence-corrected chi connectivity index (χ0v) is 13.9. The summed E-state index contributed by atoms with van der Waals surface area (Å²) in [5.41, 5.74) is 0.360. The molecule has 3 rings (SSSR count). The van der Waals surface area contributed by atoms with Gasteiger partial charge in [0.15, 0.2) is 15.6 Å². The molecule has 0 radical (unpaired) electrons. The van der Waals surface area contributed by atoms with Gasteiger partial charge in [0.05, 0.1) is 23.5 Å². The van der Waals surface area contributed by atoms with Crippen LogP contribution in [0.3, 0.4) is 0 Å². The molecule has 0 unspecified atom stereocenters. The third-order valence-corrected chi connectivity index (χ3v) is 5.66. The highest BCUT2D eigenvalue weighted by Crippen LogP contribution is 2.20. The van der Waals surface area contributed by atoms with Crippen LogP contribution in [0.5, 0.6) is 0 Å². The molecule has 24 heavy (non-hydrogen) atoms. The predicted molar refractivity (Wildman–Crippen MR) is 87.3 cm³/mol. The van der Waals surface area contributed by atoms with E-state index in [4.69, 9.17) is 9.15 Å². The first-order valence-electron chi connectivity index (χ1n) is 7.76. The summed E-state index contributed by atoms with van der Waals surface area (Å²) >= 11 is 0. The molecule has 0 saturated carbocycles. The Kier molecular flexibility index (Phi) is 5.01. The van der Waals surface area contributed by atoms with Crippen LogP contribution in [0.15, 0.2) is 52.0 Å². The fourth-order valence-electron chi connectivity index (χ4n) is 2.63. The van der Waals surface area contributed by atoms with Crippen molar-refractivity contribution in [1.29, 1.82) is 0 Å². The Balaban J connectivity index is 1.69. The zero-order valence-electron chi connectivity index (χ0n) is 13.1. The number of nitrogens with one attached hydrogen (secondary N) is 1. The summed E-state index contributed by atoms with van der Waals surface area (Å²) in [5, 5.41) is 2.79. The number of ether oxygens (including phenoxy) is 1. The van der Waals surface area contributed by atoms with Gasteiger partial charge in [-0.25, -0.2) is 8.42 Å². The van der Waals surface area contributed by atoms with Gasteiger partial charge in [0.2, 0.25) is 0 Å². The molecule has 2 aromatic rings. The van der Waals surface area contributed by atoms with Gasteiger partial charge in [-0.2, -0.15) is 0 Å². The number of hydrogen-bond acceptors (Lipinski definition) is 5. The van der Waals surface area contributed by atoms with Crippen molar-refractivity contribution < 1.29 is 22.4 Å². The topological polar surface area (TPSA) is 85.6 Å². The Morgan fingerprint density at radius 1 is 1.21 bits per heavy atom. The lowest BCUT2D eigenvalue weighted by molar-refractivity contribution is 0.0916. The normalized spacial score (nSPS) is 17.8. The van der Waals surface area contributed by atoms with E-state index in [9.17, 15) is 13.2 Å². The quantitative estimate of drug-likeness (QED) is 0.862. The Morgan fingerprint density at radius 3 is 2.71 bits per heavy atom. The monoisotopic (exact) mass is 349 g/mol. The fraction of sp³-hybridized carbons (Fsp3) is 0.353. The highest BCUT2D eigenvalue weighted by molar-refractivity contribution is 7.90. The Morgan fingerprint density at radius 2 is 2.00 bits per heavy atom. The summed E-state index contributed by atoms with van der Waals surface area (Å²) in [6, 6.07) is 9.68. The molecule has 0 bridgehead atoms. The minimum Gasteiger partial charge on any atom is -0.459 e. The molecule has 1 aliphatic rings. The molecule has 1 saturated heterocycles. The summed E-state index contributed by atoms with van der Waals surface area (Å²) in [4.78, 5) is 12.5. The highest BCUT2D eigenvalue weighted by Gasteiger charge is 2.23. The number of rotatable bonds is 6. The van der Waals surface area contributed by atoms with E-state index in [1.807, 2.05) is 0 Å². The van der Waals surface area contributed by atoms with Gasteiger partial charge in [0.1, 0.15) is 0 Å². The van der Waals surface area contributed by atoms with Crippen molar-refractivity contribution in [2.75, 3.05) is 19.8 Å². The number of carbonyl (C=O) groups is 1. The van der Waals surface area contributed by atoms with Crippen molar-refractivity contribution in [3.05, 3.63) is 54.0 Å². The smallest absolute Gasteiger partial charge is 0.287 e. The van der Waals surface area contributed by atoms with Gasteiger partial charge in [-0.15, -0.1) is 0 Å². The summed E-state index contributed by atoms with van der Waals surface area (Å²) in [6.45, 7) is 1.83. The van der Waals surface area contributed by atoms with Crippen LogP contribution in [-0.4, -0.2) is 34.1 Å². The van der Waals surface area contributed by atoms with Gasteiger partial charge < -0.3 is 14.5 Å². The van der Waals surface area contributed by atoms with Crippen LogP contribution in [-0.2, 0) is 20.3 Å². The average Bonchev–Trinajstić information content (AvgIpc) is 3.25. The summed E-state index contributed by atoms with van der Waals surface area (Å²) in [5.74, 6) is -0.331. The van der Waals surface area contributed by atoms with Crippen molar-refractivity contribution in [2.45, 2.75) is 17.1 Å². The molecule has 2 heterocycles. The molecule has 1 aliphatic heterocycles. The van der Waals surface area contributed by atoms with Gasteiger partial charge >= 0.3 is 0 Å². The fourth-order valence-corrected chi connectivity index (χ4v) is 4.00. The number of furan rings is 1. The van der Waals surface area contributed by atoms with Crippen LogP contribution in [0.4, 0.5) is 0 Å². The molecular weight excluding hydrogens is 330 g/mol. The molecule has 1 fully saturated rings. The molecule has 0 spiro atoms. The van der Waals surface area contributed by atoms with Crippen LogP contribution in [0.25, 0.3) is 0 Å². The maximum Gasteiger partial charge on any atom is 0.287 e. The molecular formula is C17H19NO5S. The zero-order chi connectivity index (χ0) is 17.0. The lowest BCUT2D eigenvalue weighted by Crippen LogP contribution is -2.30. The second-order valence-electron chi connectivity index (χ2n) is 5.79. The van der Waals surface area contributed by atoms with E-state index in [1.54, 1.807) is 18.2 Å². The van der Waals surface area contributed by atoms with Gasteiger partial charge in [0, 0.05) is 24.6 Å². The van der Waals surface area contributed by atoms with Gasteiger partial charge in [0.25, 0.3) is 5.91 Å². The molecule has 128 valence electrons. The van der Waals surface area contributed by atoms with Crippen molar-refractivity contribution in [3.63, 3.8) is 0 Å². The van der Waals surface area contributed by atoms with Gasteiger partial charge in [-0.1, -0.05) is 18.2 Å². The third-order valence-electron chi connectivity index (χ3n) is 3.98. The molecule has 0 aliphatic carbocycles. The molecule has 1 atom stereocenters. The second kappa shape index (κ2) is 7.19. The first-order chi connectivity index (χ1) is 11.6. The number of carbonyl (C=O) groups excluding carboxylic acids is 1. The maximum absolute atomic E-state index is 12.5. The summed E-state index contributed by atoms with van der Waals surface area (Å²) < 4.78 is 35.4.